The van der Waals surface area contributed by atoms with Crippen LogP contribution in [0.4, 0.5) is 0 Å². The molecule has 2 rings (SSSR count). The summed E-state index contributed by atoms with van der Waals surface area (Å²) in [6.07, 6.45) is 4.18. The molecule has 1 fully saturated rings. The number of benzene rings is 1. The number of amides is 1. The highest BCUT2D eigenvalue weighted by Crippen LogP contribution is 2.48. The lowest BCUT2D eigenvalue weighted by atomic mass is 9.94. The highest BCUT2D eigenvalue weighted by Gasteiger charge is 2.48. The summed E-state index contributed by atoms with van der Waals surface area (Å²) in [5.74, 6) is 0.135. The molecule has 0 heterocycles. The first-order chi connectivity index (χ1) is 8.39. The molecule has 0 aromatic heterocycles. The maximum atomic E-state index is 12.2. The number of carbonyl (C=O) groups excluding carboxylic acids is 1. The van der Waals surface area contributed by atoms with Crippen molar-refractivity contribution < 1.29 is 4.79 Å². The fourth-order valence-corrected chi connectivity index (χ4v) is 2.73. The minimum atomic E-state index is -0.329. The van der Waals surface area contributed by atoms with Crippen LogP contribution in [-0.2, 0) is 10.3 Å². The Bertz CT molecular complexity index is 458. The van der Waals surface area contributed by atoms with Gasteiger partial charge < -0.3 is 5.32 Å². The fourth-order valence-electron chi connectivity index (χ4n) is 2.03. The van der Waals surface area contributed by atoms with Gasteiger partial charge in [0.25, 0.3) is 0 Å². The van der Waals surface area contributed by atoms with E-state index in [-0.39, 0.29) is 16.9 Å². The van der Waals surface area contributed by atoms with Gasteiger partial charge in [0.2, 0.25) is 5.91 Å². The van der Waals surface area contributed by atoms with Gasteiger partial charge in [0, 0.05) is 10.3 Å². The van der Waals surface area contributed by atoms with E-state index < -0.39 is 0 Å². The molecule has 1 aliphatic rings. The number of nitrogens with one attached hydrogen (secondary N) is 1. The van der Waals surface area contributed by atoms with E-state index >= 15 is 0 Å². The predicted molar refractivity (Wildman–Crippen MR) is 76.7 cm³/mol. The van der Waals surface area contributed by atoms with Gasteiger partial charge in [-0.15, -0.1) is 11.8 Å². The molecule has 0 atom stereocenters. The van der Waals surface area contributed by atoms with Crippen LogP contribution in [0.15, 0.2) is 29.2 Å². The second kappa shape index (κ2) is 4.61. The van der Waals surface area contributed by atoms with Crippen molar-refractivity contribution in [1.82, 2.24) is 5.32 Å². The van der Waals surface area contributed by atoms with E-state index in [0.717, 1.165) is 12.8 Å². The number of thioether (sulfide) groups is 1. The van der Waals surface area contributed by atoms with Crippen molar-refractivity contribution >= 4 is 17.7 Å². The molecule has 1 saturated carbocycles. The van der Waals surface area contributed by atoms with Crippen molar-refractivity contribution in [2.24, 2.45) is 5.41 Å². The zero-order chi connectivity index (χ0) is 13.4. The van der Waals surface area contributed by atoms with Gasteiger partial charge in [-0.3, -0.25) is 4.79 Å². The van der Waals surface area contributed by atoms with Crippen LogP contribution >= 0.6 is 11.8 Å². The molecule has 1 aromatic carbocycles. The molecule has 0 spiro atoms. The Balaban J connectivity index is 2.25. The van der Waals surface area contributed by atoms with Crippen LogP contribution in [-0.4, -0.2) is 12.2 Å². The first-order valence-electron chi connectivity index (χ1n) is 6.35. The quantitative estimate of drug-likeness (QED) is 0.845. The first-order valence-corrected chi connectivity index (χ1v) is 7.58. The Labute approximate surface area is 114 Å². The van der Waals surface area contributed by atoms with Crippen molar-refractivity contribution in [1.29, 1.82) is 0 Å². The third-order valence-corrected chi connectivity index (χ3v) is 4.20. The molecule has 0 saturated heterocycles. The Morgan fingerprint density at radius 3 is 2.39 bits per heavy atom. The van der Waals surface area contributed by atoms with Crippen molar-refractivity contribution in [3.8, 4) is 0 Å². The summed E-state index contributed by atoms with van der Waals surface area (Å²) >= 11 is 1.75. The topological polar surface area (TPSA) is 29.1 Å². The first kappa shape index (κ1) is 13.5. The monoisotopic (exact) mass is 263 g/mol. The van der Waals surface area contributed by atoms with Crippen molar-refractivity contribution in [2.75, 3.05) is 6.26 Å². The second-order valence-corrected chi connectivity index (χ2v) is 6.83. The van der Waals surface area contributed by atoms with Gasteiger partial charge in [0.15, 0.2) is 0 Å². The van der Waals surface area contributed by atoms with E-state index in [9.17, 15) is 4.79 Å². The van der Waals surface area contributed by atoms with E-state index in [0.29, 0.717) is 0 Å². The van der Waals surface area contributed by atoms with Crippen molar-refractivity contribution in [3.63, 3.8) is 0 Å². The average molecular weight is 263 g/mol. The standard InChI is InChI=1S/C15H21NOS/c1-14(2,3)13(17)16-15(9-10-15)11-7-5-6-8-12(11)18-4/h5-8H,9-10H2,1-4H3,(H,16,17). The summed E-state index contributed by atoms with van der Waals surface area (Å²) in [5.41, 5.74) is 0.837. The van der Waals surface area contributed by atoms with E-state index in [1.807, 2.05) is 20.8 Å². The van der Waals surface area contributed by atoms with E-state index in [1.165, 1.54) is 10.5 Å². The lowest BCUT2D eigenvalue weighted by molar-refractivity contribution is -0.129. The van der Waals surface area contributed by atoms with E-state index in [2.05, 4.69) is 35.8 Å². The summed E-state index contributed by atoms with van der Waals surface area (Å²) < 4.78 is 0. The predicted octanol–water partition coefficient (Wildman–Crippen LogP) is 3.56. The molecular formula is C15H21NOS. The van der Waals surface area contributed by atoms with Gasteiger partial charge >= 0.3 is 0 Å². The molecule has 1 amide bonds. The molecule has 18 heavy (non-hydrogen) atoms. The van der Waals surface area contributed by atoms with Crippen LogP contribution in [0.2, 0.25) is 0 Å². The molecule has 2 nitrogen and oxygen atoms in total. The summed E-state index contributed by atoms with van der Waals surface area (Å²) in [6.45, 7) is 5.87. The molecular weight excluding hydrogens is 242 g/mol. The molecule has 0 bridgehead atoms. The molecule has 3 heteroatoms. The zero-order valence-corrected chi connectivity index (χ0v) is 12.4. The number of rotatable bonds is 3. The van der Waals surface area contributed by atoms with Crippen LogP contribution < -0.4 is 5.32 Å². The van der Waals surface area contributed by atoms with Crippen LogP contribution in [0.25, 0.3) is 0 Å². The lowest BCUT2D eigenvalue weighted by Crippen LogP contribution is -2.42. The highest BCUT2D eigenvalue weighted by molar-refractivity contribution is 7.98. The Morgan fingerprint density at radius 1 is 1.28 bits per heavy atom. The van der Waals surface area contributed by atoms with Gasteiger partial charge in [-0.25, -0.2) is 0 Å². The van der Waals surface area contributed by atoms with Crippen molar-refractivity contribution in [3.05, 3.63) is 29.8 Å². The van der Waals surface area contributed by atoms with E-state index in [4.69, 9.17) is 0 Å². The van der Waals surface area contributed by atoms with Crippen LogP contribution in [0.3, 0.4) is 0 Å². The zero-order valence-electron chi connectivity index (χ0n) is 11.5. The van der Waals surface area contributed by atoms with Gasteiger partial charge in [-0.2, -0.15) is 0 Å². The minimum absolute atomic E-state index is 0.107. The molecule has 0 radical (unpaired) electrons. The molecule has 1 aromatic rings. The minimum Gasteiger partial charge on any atom is -0.346 e. The Kier molecular flexibility index (Phi) is 3.45. The van der Waals surface area contributed by atoms with Crippen LogP contribution in [0.1, 0.15) is 39.2 Å². The number of carbonyl (C=O) groups is 1. The van der Waals surface area contributed by atoms with E-state index in [1.54, 1.807) is 11.8 Å². The summed E-state index contributed by atoms with van der Waals surface area (Å²) in [4.78, 5) is 13.4. The largest absolute Gasteiger partial charge is 0.346 e. The van der Waals surface area contributed by atoms with Gasteiger partial charge in [-0.05, 0) is 30.7 Å². The fraction of sp³-hybridized carbons (Fsp3) is 0.533. The van der Waals surface area contributed by atoms with Gasteiger partial charge in [0.1, 0.15) is 0 Å². The molecule has 0 aliphatic heterocycles. The summed E-state index contributed by atoms with van der Waals surface area (Å²) in [6, 6.07) is 8.38. The summed E-state index contributed by atoms with van der Waals surface area (Å²) in [5, 5.41) is 3.25. The third kappa shape index (κ3) is 2.56. The Hall–Kier alpha value is -0.960. The maximum Gasteiger partial charge on any atom is 0.226 e. The number of hydrogen-bond donors (Lipinski definition) is 1. The molecule has 1 aliphatic carbocycles. The lowest BCUT2D eigenvalue weighted by Gasteiger charge is -2.25. The third-order valence-electron chi connectivity index (χ3n) is 3.41. The SMILES string of the molecule is CSc1ccccc1C1(NC(=O)C(C)(C)C)CC1. The average Bonchev–Trinajstić information content (AvgIpc) is 3.08. The maximum absolute atomic E-state index is 12.2. The Morgan fingerprint density at radius 2 is 1.89 bits per heavy atom. The van der Waals surface area contributed by atoms with Gasteiger partial charge in [0.05, 0.1) is 5.54 Å². The smallest absolute Gasteiger partial charge is 0.226 e. The normalized spacial score (nSPS) is 17.3. The highest BCUT2D eigenvalue weighted by atomic mass is 32.2. The number of hydrogen-bond acceptors (Lipinski definition) is 2. The van der Waals surface area contributed by atoms with Crippen molar-refractivity contribution in [2.45, 2.75) is 44.0 Å². The van der Waals surface area contributed by atoms with Gasteiger partial charge in [-0.1, -0.05) is 39.0 Å². The van der Waals surface area contributed by atoms with Crippen LogP contribution in [0, 0.1) is 5.41 Å². The summed E-state index contributed by atoms with van der Waals surface area (Å²) in [7, 11) is 0. The second-order valence-electron chi connectivity index (χ2n) is 5.99. The molecule has 1 N–H and O–H groups in total. The van der Waals surface area contributed by atoms with Crippen LogP contribution in [0.5, 0.6) is 0 Å². The molecule has 0 unspecified atom stereocenters. The molecule has 98 valence electrons.